The zero-order chi connectivity index (χ0) is 21.1. The zero-order valence-electron chi connectivity index (χ0n) is 15.4. The van der Waals surface area contributed by atoms with Gasteiger partial charge < -0.3 is 20.5 Å². The Morgan fingerprint density at radius 2 is 1.83 bits per heavy atom. The summed E-state index contributed by atoms with van der Waals surface area (Å²) in [7, 11) is 0. The maximum absolute atomic E-state index is 13.2. The highest BCUT2D eigenvalue weighted by atomic mass is 35.5. The van der Waals surface area contributed by atoms with E-state index >= 15 is 0 Å². The number of benzene rings is 2. The average Bonchev–Trinajstić information content (AvgIpc) is 2.99. The van der Waals surface area contributed by atoms with E-state index in [9.17, 15) is 9.50 Å². The van der Waals surface area contributed by atoms with Crippen molar-refractivity contribution in [2.75, 3.05) is 5.32 Å². The number of rotatable bonds is 6. The molecule has 0 radical (unpaired) electrons. The Bertz CT molecular complexity index is 1060. The summed E-state index contributed by atoms with van der Waals surface area (Å²) in [4.78, 5) is 0. The minimum absolute atomic E-state index is 0.0267. The molecule has 0 aliphatic carbocycles. The molecule has 3 aromatic rings. The highest BCUT2D eigenvalue weighted by molar-refractivity contribution is 7.11. The Labute approximate surface area is 180 Å². The van der Waals surface area contributed by atoms with E-state index in [1.165, 1.54) is 12.1 Å². The van der Waals surface area contributed by atoms with E-state index in [-0.39, 0.29) is 34.1 Å². The fourth-order valence-electron chi connectivity index (χ4n) is 2.42. The molecule has 0 saturated carbocycles. The monoisotopic (exact) mass is 454 g/mol. The summed E-state index contributed by atoms with van der Waals surface area (Å²) in [5, 5.41) is 25.1. The second kappa shape index (κ2) is 8.86. The zero-order valence-corrected chi connectivity index (χ0v) is 17.7. The number of hydrogen-bond acceptors (Lipinski definition) is 6. The van der Waals surface area contributed by atoms with Crippen molar-refractivity contribution >= 4 is 51.3 Å². The van der Waals surface area contributed by atoms with Crippen molar-refractivity contribution in [3.8, 4) is 17.4 Å². The molecule has 0 amide bonds. The third-order valence-corrected chi connectivity index (χ3v) is 5.00. The first kappa shape index (κ1) is 21.2. The topological polar surface area (TPSA) is 90.3 Å². The average molecular weight is 455 g/mol. The molecule has 0 fully saturated rings. The molecule has 0 unspecified atom stereocenters. The molecule has 10 heteroatoms. The van der Waals surface area contributed by atoms with Gasteiger partial charge in [0.05, 0.1) is 10.0 Å². The first-order valence-electron chi connectivity index (χ1n) is 8.48. The number of halogens is 3. The Kier molecular flexibility index (Phi) is 6.46. The van der Waals surface area contributed by atoms with Crippen LogP contribution in [0.15, 0.2) is 36.4 Å². The molecule has 6 nitrogen and oxygen atoms in total. The second-order valence-electron chi connectivity index (χ2n) is 6.33. The van der Waals surface area contributed by atoms with E-state index in [0.717, 1.165) is 17.6 Å². The number of ether oxygens (including phenoxy) is 1. The van der Waals surface area contributed by atoms with Crippen LogP contribution in [0.25, 0.3) is 0 Å². The maximum Gasteiger partial charge on any atom is 0.236 e. The third kappa shape index (κ3) is 5.09. The summed E-state index contributed by atoms with van der Waals surface area (Å²) in [5.74, 6) is -0.0154. The van der Waals surface area contributed by atoms with Crippen molar-refractivity contribution in [1.82, 2.24) is 9.69 Å². The summed E-state index contributed by atoms with van der Waals surface area (Å²) >= 11 is 13.3. The van der Waals surface area contributed by atoms with Crippen LogP contribution in [0.4, 0.5) is 15.1 Å². The van der Waals surface area contributed by atoms with Crippen LogP contribution in [0.3, 0.4) is 0 Å². The van der Waals surface area contributed by atoms with Gasteiger partial charge in [-0.15, -0.1) is 0 Å². The van der Waals surface area contributed by atoms with Crippen molar-refractivity contribution < 1.29 is 14.2 Å². The second-order valence-corrected chi connectivity index (χ2v) is 7.92. The number of nitrogens with zero attached hydrogens (tertiary/aromatic N) is 1. The van der Waals surface area contributed by atoms with Crippen molar-refractivity contribution in [2.24, 2.45) is 0 Å². The molecule has 1 heterocycles. The molecule has 2 aromatic carbocycles. The number of aromatic nitrogens is 1. The van der Waals surface area contributed by atoms with Crippen LogP contribution in [0.2, 0.25) is 10.0 Å². The summed E-state index contributed by atoms with van der Waals surface area (Å²) < 4.78 is 22.7. The van der Waals surface area contributed by atoms with Gasteiger partial charge in [0.2, 0.25) is 5.88 Å². The van der Waals surface area contributed by atoms with Gasteiger partial charge in [0, 0.05) is 11.7 Å². The summed E-state index contributed by atoms with van der Waals surface area (Å²) in [6.45, 7) is 3.79. The van der Waals surface area contributed by atoms with Gasteiger partial charge in [-0.05, 0) is 61.8 Å². The van der Waals surface area contributed by atoms with Crippen molar-refractivity contribution in [3.05, 3.63) is 57.8 Å². The molecule has 1 aromatic heterocycles. The van der Waals surface area contributed by atoms with Gasteiger partial charge in [-0.25, -0.2) is 4.39 Å². The lowest BCUT2D eigenvalue weighted by molar-refractivity contribution is 0.458. The Balaban J connectivity index is 1.80. The molecule has 3 rings (SSSR count). The molecule has 0 aliphatic heterocycles. The molecule has 0 atom stereocenters. The van der Waals surface area contributed by atoms with E-state index in [2.05, 4.69) is 15.0 Å². The highest BCUT2D eigenvalue weighted by Gasteiger charge is 2.19. The summed E-state index contributed by atoms with van der Waals surface area (Å²) in [6.07, 6.45) is 0. The first-order chi connectivity index (χ1) is 13.7. The smallest absolute Gasteiger partial charge is 0.236 e. The first-order valence-corrected chi connectivity index (χ1v) is 10.0. The fraction of sp³-hybridized carbons (Fsp3) is 0.158. The predicted octanol–water partition coefficient (Wildman–Crippen LogP) is 6.15. The Morgan fingerprint density at radius 1 is 1.17 bits per heavy atom. The van der Waals surface area contributed by atoms with E-state index < -0.39 is 5.82 Å². The van der Waals surface area contributed by atoms with Crippen LogP contribution in [-0.4, -0.2) is 21.4 Å². The highest BCUT2D eigenvalue weighted by Crippen LogP contribution is 2.37. The van der Waals surface area contributed by atoms with Gasteiger partial charge in [-0.2, -0.15) is 4.37 Å². The van der Waals surface area contributed by atoms with Gasteiger partial charge in [0.25, 0.3) is 0 Å². The van der Waals surface area contributed by atoms with Crippen LogP contribution >= 0.6 is 34.7 Å². The Morgan fingerprint density at radius 3 is 2.45 bits per heavy atom. The van der Waals surface area contributed by atoms with Crippen molar-refractivity contribution in [2.45, 2.75) is 19.9 Å². The van der Waals surface area contributed by atoms with E-state index in [4.69, 9.17) is 33.3 Å². The minimum Gasteiger partial charge on any atom is -0.492 e. The molecule has 0 saturated heterocycles. The van der Waals surface area contributed by atoms with E-state index in [0.29, 0.717) is 21.5 Å². The predicted molar refractivity (Wildman–Crippen MR) is 115 cm³/mol. The molecule has 0 aliphatic rings. The third-order valence-electron chi connectivity index (χ3n) is 3.66. The SMILES string of the molecule is CC(C)NC(=N)c1c(O)nsc1Nc1ccc(Oc2ccc(F)cc2Cl)c(Cl)c1. The molecule has 152 valence electrons. The molecule has 4 N–H and O–H groups in total. The van der Waals surface area contributed by atoms with Gasteiger partial charge >= 0.3 is 0 Å². The molecule has 29 heavy (non-hydrogen) atoms. The number of aromatic hydroxyl groups is 1. The van der Waals surface area contributed by atoms with E-state index in [1.807, 2.05) is 13.8 Å². The molecular weight excluding hydrogens is 438 g/mol. The quantitative estimate of drug-likeness (QED) is 0.264. The Hall–Kier alpha value is -2.55. The number of anilines is 2. The maximum atomic E-state index is 13.2. The van der Waals surface area contributed by atoms with Crippen molar-refractivity contribution in [1.29, 1.82) is 5.41 Å². The largest absolute Gasteiger partial charge is 0.492 e. The van der Waals surface area contributed by atoms with Gasteiger partial charge in [0.15, 0.2) is 0 Å². The van der Waals surface area contributed by atoms with Crippen LogP contribution in [0.5, 0.6) is 17.4 Å². The van der Waals surface area contributed by atoms with Crippen LogP contribution in [0, 0.1) is 11.2 Å². The standard InChI is InChI=1S/C19H17Cl2FN4O2S/c1-9(2)24-17(23)16-18(27)26-29-19(16)25-11-4-6-15(13(21)8-11)28-14-5-3-10(22)7-12(14)20/h3-9,25H,1-2H3,(H2,23,24)(H,26,27). The van der Waals surface area contributed by atoms with Crippen LogP contribution < -0.4 is 15.4 Å². The fourth-order valence-corrected chi connectivity index (χ4v) is 3.56. The summed E-state index contributed by atoms with van der Waals surface area (Å²) in [6, 6.07) is 8.79. The van der Waals surface area contributed by atoms with Crippen molar-refractivity contribution in [3.63, 3.8) is 0 Å². The lowest BCUT2D eigenvalue weighted by Crippen LogP contribution is -2.30. The normalized spacial score (nSPS) is 10.8. The van der Waals surface area contributed by atoms with Gasteiger partial charge in [-0.1, -0.05) is 23.2 Å². The lowest BCUT2D eigenvalue weighted by Gasteiger charge is -2.13. The van der Waals surface area contributed by atoms with Gasteiger partial charge in [-0.3, -0.25) is 5.41 Å². The van der Waals surface area contributed by atoms with Crippen LogP contribution in [0.1, 0.15) is 19.4 Å². The lowest BCUT2D eigenvalue weighted by atomic mass is 10.2. The molecule has 0 bridgehead atoms. The van der Waals surface area contributed by atoms with Gasteiger partial charge in [0.1, 0.15) is 33.7 Å². The number of hydrogen-bond donors (Lipinski definition) is 4. The molecular formula is C19H17Cl2FN4O2S. The van der Waals surface area contributed by atoms with E-state index in [1.54, 1.807) is 18.2 Å². The van der Waals surface area contributed by atoms with Crippen LogP contribution in [-0.2, 0) is 0 Å². The number of nitrogens with one attached hydrogen (secondary N) is 3. The minimum atomic E-state index is -0.464. The number of amidine groups is 1. The summed E-state index contributed by atoms with van der Waals surface area (Å²) in [5.41, 5.74) is 0.882. The molecule has 0 spiro atoms.